The highest BCUT2D eigenvalue weighted by molar-refractivity contribution is 7.22. The van der Waals surface area contributed by atoms with E-state index in [0.29, 0.717) is 13.6 Å². The predicted octanol–water partition coefficient (Wildman–Crippen LogP) is 6.69. The Bertz CT molecular complexity index is 1890. The van der Waals surface area contributed by atoms with Crippen LogP contribution in [0.4, 0.5) is 10.3 Å². The molecule has 0 N–H and O–H groups in total. The first-order chi connectivity index (χ1) is 24.7. The Hall–Kier alpha value is -4.62. The highest BCUT2D eigenvalue weighted by Gasteiger charge is 2.23. The van der Waals surface area contributed by atoms with Crippen molar-refractivity contribution in [2.45, 2.75) is 13.1 Å². The molecule has 4 aromatic carbocycles. The van der Waals surface area contributed by atoms with Gasteiger partial charge in [0.05, 0.1) is 20.4 Å². The SMILES string of the molecule is c1ccc2sc(N3CCN(Cc4ccc5c(c4)OCO5)CC3)nc2c1.c1ccc2sc(N3CCN(Cc4ccc5c(c4)OCO5)CC3)nc2c1. The van der Waals surface area contributed by atoms with E-state index in [2.05, 4.69) is 92.4 Å². The number of benzene rings is 4. The first kappa shape index (κ1) is 31.4. The zero-order valence-electron chi connectivity index (χ0n) is 27.7. The number of anilines is 2. The molecule has 10 rings (SSSR count). The summed E-state index contributed by atoms with van der Waals surface area (Å²) in [6.45, 7) is 10.8. The van der Waals surface area contributed by atoms with E-state index in [4.69, 9.17) is 28.9 Å². The van der Waals surface area contributed by atoms with Gasteiger partial charge in [0, 0.05) is 65.4 Å². The zero-order chi connectivity index (χ0) is 33.3. The number of hydrogen-bond donors (Lipinski definition) is 0. The summed E-state index contributed by atoms with van der Waals surface area (Å²) in [4.78, 5) is 19.3. The van der Waals surface area contributed by atoms with E-state index in [-0.39, 0.29) is 0 Å². The molecule has 256 valence electrons. The molecule has 6 aromatic rings. The molecule has 0 radical (unpaired) electrons. The summed E-state index contributed by atoms with van der Waals surface area (Å²) in [5.41, 5.74) is 4.76. The molecule has 0 unspecified atom stereocenters. The highest BCUT2D eigenvalue weighted by atomic mass is 32.1. The minimum absolute atomic E-state index is 0.333. The van der Waals surface area contributed by atoms with Crippen molar-refractivity contribution in [3.05, 3.63) is 96.1 Å². The molecular weight excluding hydrogens is 669 g/mol. The fraction of sp³-hybridized carbons (Fsp3) is 0.316. The molecule has 0 atom stereocenters. The third-order valence-corrected chi connectivity index (χ3v) is 11.7. The second-order valence-corrected chi connectivity index (χ2v) is 14.8. The van der Waals surface area contributed by atoms with Crippen LogP contribution < -0.4 is 28.7 Å². The second-order valence-electron chi connectivity index (χ2n) is 12.8. The lowest BCUT2D eigenvalue weighted by atomic mass is 10.1. The minimum atomic E-state index is 0.333. The van der Waals surface area contributed by atoms with Gasteiger partial charge in [0.1, 0.15) is 0 Å². The summed E-state index contributed by atoms with van der Waals surface area (Å²) in [5.74, 6) is 3.44. The maximum absolute atomic E-state index is 5.48. The molecular formula is C38H38N6O4S2. The van der Waals surface area contributed by atoms with Crippen molar-refractivity contribution >= 4 is 53.4 Å². The topological polar surface area (TPSA) is 75.7 Å². The Morgan fingerprint density at radius 3 is 1.34 bits per heavy atom. The lowest BCUT2D eigenvalue weighted by Crippen LogP contribution is -2.45. The van der Waals surface area contributed by atoms with E-state index in [1.807, 2.05) is 12.1 Å². The third kappa shape index (κ3) is 6.76. The largest absolute Gasteiger partial charge is 0.454 e. The van der Waals surface area contributed by atoms with Crippen molar-refractivity contribution in [3.63, 3.8) is 0 Å². The molecule has 4 aliphatic heterocycles. The Labute approximate surface area is 299 Å². The van der Waals surface area contributed by atoms with Gasteiger partial charge in [-0.05, 0) is 59.7 Å². The standard InChI is InChI=1S/2C19H19N3O2S/c2*1-2-4-18-15(3-1)20-19(25-18)22-9-7-21(8-10-22)12-14-5-6-16-17(11-14)24-13-23-16/h2*1-6,11H,7-10,12-13H2. The molecule has 12 heteroatoms. The van der Waals surface area contributed by atoms with Gasteiger partial charge in [-0.25, -0.2) is 9.97 Å². The Balaban J connectivity index is 0.000000135. The first-order valence-corrected chi connectivity index (χ1v) is 18.8. The normalized spacial score (nSPS) is 17.4. The van der Waals surface area contributed by atoms with E-state index in [1.165, 1.54) is 20.5 Å². The zero-order valence-corrected chi connectivity index (χ0v) is 29.3. The molecule has 4 aliphatic rings. The maximum Gasteiger partial charge on any atom is 0.231 e. The van der Waals surface area contributed by atoms with Gasteiger partial charge in [-0.3, -0.25) is 9.80 Å². The van der Waals surface area contributed by atoms with E-state index in [9.17, 15) is 0 Å². The number of piperazine rings is 2. The highest BCUT2D eigenvalue weighted by Crippen LogP contribution is 2.35. The van der Waals surface area contributed by atoms with E-state index >= 15 is 0 Å². The fourth-order valence-electron chi connectivity index (χ4n) is 6.78. The van der Waals surface area contributed by atoms with Crippen LogP contribution in [0.1, 0.15) is 11.1 Å². The van der Waals surface area contributed by atoms with Crippen molar-refractivity contribution < 1.29 is 18.9 Å². The van der Waals surface area contributed by atoms with Gasteiger partial charge in [0.15, 0.2) is 33.3 Å². The summed E-state index contributed by atoms with van der Waals surface area (Å²) in [6.07, 6.45) is 0. The monoisotopic (exact) mass is 706 g/mol. The molecule has 0 bridgehead atoms. The number of para-hydroxylation sites is 2. The molecule has 0 amide bonds. The summed E-state index contributed by atoms with van der Waals surface area (Å²) < 4.78 is 24.2. The van der Waals surface area contributed by atoms with Crippen LogP contribution >= 0.6 is 22.7 Å². The molecule has 0 saturated carbocycles. The lowest BCUT2D eigenvalue weighted by Gasteiger charge is -2.34. The van der Waals surface area contributed by atoms with Crippen LogP contribution in [-0.4, -0.2) is 85.7 Å². The molecule has 0 aliphatic carbocycles. The average Bonchev–Trinajstić information content (AvgIpc) is 3.98. The van der Waals surface area contributed by atoms with E-state index < -0.39 is 0 Å². The smallest absolute Gasteiger partial charge is 0.231 e. The maximum atomic E-state index is 5.48. The van der Waals surface area contributed by atoms with Crippen molar-refractivity contribution in [2.75, 3.05) is 75.7 Å². The molecule has 2 aromatic heterocycles. The van der Waals surface area contributed by atoms with Crippen LogP contribution in [0.3, 0.4) is 0 Å². The Kier molecular flexibility index (Phi) is 8.75. The summed E-state index contributed by atoms with van der Waals surface area (Å²) in [5, 5.41) is 2.29. The van der Waals surface area contributed by atoms with Crippen LogP contribution in [0, 0.1) is 0 Å². The van der Waals surface area contributed by atoms with Crippen molar-refractivity contribution in [1.29, 1.82) is 0 Å². The fourth-order valence-corrected chi connectivity index (χ4v) is 8.81. The number of ether oxygens (including phenoxy) is 4. The van der Waals surface area contributed by atoms with Crippen molar-refractivity contribution in [1.82, 2.24) is 19.8 Å². The number of hydrogen-bond acceptors (Lipinski definition) is 12. The third-order valence-electron chi connectivity index (χ3n) is 9.54. The number of nitrogens with zero attached hydrogens (tertiary/aromatic N) is 6. The van der Waals surface area contributed by atoms with Gasteiger partial charge in [0.2, 0.25) is 13.6 Å². The number of rotatable bonds is 6. The minimum Gasteiger partial charge on any atom is -0.454 e. The van der Waals surface area contributed by atoms with Crippen LogP contribution in [0.5, 0.6) is 23.0 Å². The summed E-state index contributed by atoms with van der Waals surface area (Å²) in [6, 6.07) is 29.2. The van der Waals surface area contributed by atoms with Gasteiger partial charge >= 0.3 is 0 Å². The van der Waals surface area contributed by atoms with E-state index in [1.54, 1.807) is 22.7 Å². The van der Waals surface area contributed by atoms with Crippen LogP contribution in [0.25, 0.3) is 20.4 Å². The molecule has 2 fully saturated rings. The lowest BCUT2D eigenvalue weighted by molar-refractivity contribution is 0.173. The van der Waals surface area contributed by atoms with Gasteiger partial charge in [0.25, 0.3) is 0 Å². The Morgan fingerprint density at radius 2 is 0.900 bits per heavy atom. The van der Waals surface area contributed by atoms with Crippen LogP contribution in [0.2, 0.25) is 0 Å². The first-order valence-electron chi connectivity index (χ1n) is 17.1. The van der Waals surface area contributed by atoms with E-state index in [0.717, 1.165) is 110 Å². The molecule has 6 heterocycles. The van der Waals surface area contributed by atoms with Crippen LogP contribution in [0.15, 0.2) is 84.9 Å². The predicted molar refractivity (Wildman–Crippen MR) is 199 cm³/mol. The van der Waals surface area contributed by atoms with Gasteiger partial charge in [-0.2, -0.15) is 0 Å². The van der Waals surface area contributed by atoms with Crippen LogP contribution in [-0.2, 0) is 13.1 Å². The van der Waals surface area contributed by atoms with Crippen molar-refractivity contribution in [2.24, 2.45) is 0 Å². The molecule has 2 saturated heterocycles. The van der Waals surface area contributed by atoms with Gasteiger partial charge in [-0.15, -0.1) is 0 Å². The second kappa shape index (κ2) is 13.9. The van der Waals surface area contributed by atoms with Gasteiger partial charge in [-0.1, -0.05) is 59.1 Å². The van der Waals surface area contributed by atoms with Crippen molar-refractivity contribution in [3.8, 4) is 23.0 Å². The summed E-state index contributed by atoms with van der Waals surface area (Å²) >= 11 is 3.58. The number of aromatic nitrogens is 2. The molecule has 10 nitrogen and oxygen atoms in total. The quantitative estimate of drug-likeness (QED) is 0.187. The van der Waals surface area contributed by atoms with Gasteiger partial charge < -0.3 is 28.7 Å². The number of fused-ring (bicyclic) bond motifs is 4. The Morgan fingerprint density at radius 1 is 0.480 bits per heavy atom. The number of thiazole rings is 2. The molecule has 50 heavy (non-hydrogen) atoms. The average molecular weight is 707 g/mol. The summed E-state index contributed by atoms with van der Waals surface area (Å²) in [7, 11) is 0. The molecule has 0 spiro atoms.